The Morgan fingerprint density at radius 3 is 2.58 bits per heavy atom. The first-order chi connectivity index (χ1) is 14.8. The smallest absolute Gasteiger partial charge is 0.349 e. The Labute approximate surface area is 187 Å². The number of aryl methyl sites for hydroxylation is 1. The van der Waals surface area contributed by atoms with Crippen molar-refractivity contribution in [3.05, 3.63) is 68.5 Å². The number of rotatable bonds is 7. The van der Waals surface area contributed by atoms with Gasteiger partial charge in [0.1, 0.15) is 22.6 Å². The SMILES string of the molecule is CCC(C)NC(=O)c1cc2ccc(OC(=O)COc3ccc(Br)c(C)c3)cc2oc1=O. The van der Waals surface area contributed by atoms with Crippen molar-refractivity contribution < 1.29 is 23.5 Å². The van der Waals surface area contributed by atoms with E-state index in [1.807, 2.05) is 26.8 Å². The highest BCUT2D eigenvalue weighted by atomic mass is 79.9. The first kappa shape index (κ1) is 22.6. The predicted octanol–water partition coefficient (Wildman–Crippen LogP) is 4.38. The lowest BCUT2D eigenvalue weighted by Gasteiger charge is -2.11. The summed E-state index contributed by atoms with van der Waals surface area (Å²) in [5.41, 5.74) is 0.355. The molecule has 1 amide bonds. The van der Waals surface area contributed by atoms with Gasteiger partial charge in [-0.15, -0.1) is 0 Å². The van der Waals surface area contributed by atoms with Crippen molar-refractivity contribution in [3.63, 3.8) is 0 Å². The number of amides is 1. The van der Waals surface area contributed by atoms with Crippen LogP contribution in [0.3, 0.4) is 0 Å². The van der Waals surface area contributed by atoms with Gasteiger partial charge in [0.15, 0.2) is 6.61 Å². The molecule has 0 aliphatic carbocycles. The maximum atomic E-state index is 12.3. The number of nitrogens with one attached hydrogen (secondary N) is 1. The zero-order chi connectivity index (χ0) is 22.5. The van der Waals surface area contributed by atoms with Gasteiger partial charge in [-0.25, -0.2) is 9.59 Å². The molecule has 0 fully saturated rings. The number of halogens is 1. The van der Waals surface area contributed by atoms with E-state index in [4.69, 9.17) is 13.9 Å². The number of fused-ring (bicyclic) bond motifs is 1. The molecule has 3 rings (SSSR count). The summed E-state index contributed by atoms with van der Waals surface area (Å²) in [4.78, 5) is 36.6. The highest BCUT2D eigenvalue weighted by Gasteiger charge is 2.16. The van der Waals surface area contributed by atoms with Crippen LogP contribution >= 0.6 is 15.9 Å². The Morgan fingerprint density at radius 1 is 1.13 bits per heavy atom. The summed E-state index contributed by atoms with van der Waals surface area (Å²) in [5.74, 6) is -0.342. The summed E-state index contributed by atoms with van der Waals surface area (Å²) in [6.45, 7) is 5.42. The van der Waals surface area contributed by atoms with Gasteiger partial charge in [-0.3, -0.25) is 4.79 Å². The monoisotopic (exact) mass is 487 g/mol. The number of hydrogen-bond donors (Lipinski definition) is 1. The lowest BCUT2D eigenvalue weighted by atomic mass is 10.1. The summed E-state index contributed by atoms with van der Waals surface area (Å²) < 4.78 is 16.9. The molecule has 8 heteroatoms. The molecule has 1 unspecified atom stereocenters. The van der Waals surface area contributed by atoms with Gasteiger partial charge >= 0.3 is 11.6 Å². The van der Waals surface area contributed by atoms with Gasteiger partial charge in [-0.1, -0.05) is 22.9 Å². The fraction of sp³-hybridized carbons (Fsp3) is 0.261. The van der Waals surface area contributed by atoms with Crippen molar-refractivity contribution in [1.29, 1.82) is 0 Å². The number of ether oxygens (including phenoxy) is 2. The number of carbonyl (C=O) groups excluding carboxylic acids is 2. The molecule has 7 nitrogen and oxygen atoms in total. The standard InChI is InChI=1S/C23H22BrNO6/c1-4-14(3)25-22(27)18-10-15-5-6-17(11-20(15)31-23(18)28)30-21(26)12-29-16-7-8-19(24)13(2)9-16/h5-11,14H,4,12H2,1-3H3,(H,25,27). The lowest BCUT2D eigenvalue weighted by Crippen LogP contribution is -2.34. The van der Waals surface area contributed by atoms with Gasteiger partial charge in [0, 0.05) is 22.0 Å². The van der Waals surface area contributed by atoms with Crippen molar-refractivity contribution in [2.75, 3.05) is 6.61 Å². The van der Waals surface area contributed by atoms with E-state index in [1.54, 1.807) is 24.3 Å². The van der Waals surface area contributed by atoms with Crippen LogP contribution in [0.2, 0.25) is 0 Å². The van der Waals surface area contributed by atoms with Crippen LogP contribution in [0.15, 0.2) is 56.1 Å². The summed E-state index contributed by atoms with van der Waals surface area (Å²) in [6, 6.07) is 11.4. The van der Waals surface area contributed by atoms with E-state index in [0.717, 1.165) is 16.5 Å². The third kappa shape index (κ3) is 5.73. The third-order valence-corrected chi connectivity index (χ3v) is 5.55. The van der Waals surface area contributed by atoms with Gasteiger partial charge in [0.2, 0.25) is 0 Å². The average molecular weight is 488 g/mol. The molecule has 0 aliphatic rings. The molecule has 0 bridgehead atoms. The van der Waals surface area contributed by atoms with E-state index in [9.17, 15) is 14.4 Å². The number of hydrogen-bond acceptors (Lipinski definition) is 6. The molecule has 1 aromatic heterocycles. The van der Waals surface area contributed by atoms with Crippen LogP contribution in [-0.2, 0) is 4.79 Å². The van der Waals surface area contributed by atoms with E-state index in [0.29, 0.717) is 11.1 Å². The second-order valence-electron chi connectivity index (χ2n) is 7.10. The zero-order valence-electron chi connectivity index (χ0n) is 17.4. The molecule has 1 N–H and O–H groups in total. The Bertz CT molecular complexity index is 1190. The molecule has 0 aliphatic heterocycles. The van der Waals surface area contributed by atoms with Crippen molar-refractivity contribution in [2.24, 2.45) is 0 Å². The zero-order valence-corrected chi connectivity index (χ0v) is 18.9. The first-order valence-corrected chi connectivity index (χ1v) is 10.5. The maximum Gasteiger partial charge on any atom is 0.349 e. The van der Waals surface area contributed by atoms with Crippen LogP contribution in [0.4, 0.5) is 0 Å². The molecular formula is C23H22BrNO6. The Hall–Kier alpha value is -3.13. The number of esters is 1. The van der Waals surface area contributed by atoms with Crippen molar-refractivity contribution >= 4 is 38.8 Å². The second-order valence-corrected chi connectivity index (χ2v) is 7.96. The first-order valence-electron chi connectivity index (χ1n) is 9.75. The van der Waals surface area contributed by atoms with Gasteiger partial charge in [0.05, 0.1) is 0 Å². The van der Waals surface area contributed by atoms with E-state index in [-0.39, 0.29) is 29.5 Å². The van der Waals surface area contributed by atoms with Crippen molar-refractivity contribution in [1.82, 2.24) is 5.32 Å². The minimum Gasteiger partial charge on any atom is -0.482 e. The molecule has 0 saturated heterocycles. The Balaban J connectivity index is 1.69. The fourth-order valence-electron chi connectivity index (χ4n) is 2.73. The van der Waals surface area contributed by atoms with Gasteiger partial charge < -0.3 is 19.2 Å². The van der Waals surface area contributed by atoms with E-state index >= 15 is 0 Å². The summed E-state index contributed by atoms with van der Waals surface area (Å²) in [7, 11) is 0. The van der Waals surface area contributed by atoms with Crippen molar-refractivity contribution in [3.8, 4) is 11.5 Å². The molecule has 0 radical (unpaired) electrons. The quantitative estimate of drug-likeness (QED) is 0.302. The van der Waals surface area contributed by atoms with Crippen LogP contribution in [0, 0.1) is 6.92 Å². The van der Waals surface area contributed by atoms with E-state index in [2.05, 4.69) is 21.2 Å². The highest BCUT2D eigenvalue weighted by molar-refractivity contribution is 9.10. The minimum atomic E-state index is -0.759. The van der Waals surface area contributed by atoms with Crippen LogP contribution in [0.25, 0.3) is 11.0 Å². The molecule has 3 aromatic rings. The van der Waals surface area contributed by atoms with Gasteiger partial charge in [0.25, 0.3) is 5.91 Å². The highest BCUT2D eigenvalue weighted by Crippen LogP contribution is 2.23. The van der Waals surface area contributed by atoms with Crippen molar-refractivity contribution in [2.45, 2.75) is 33.2 Å². The topological polar surface area (TPSA) is 94.8 Å². The average Bonchev–Trinajstić information content (AvgIpc) is 2.73. The Kier molecular flexibility index (Phi) is 7.12. The molecule has 0 spiro atoms. The third-order valence-electron chi connectivity index (χ3n) is 4.66. The van der Waals surface area contributed by atoms with Crippen LogP contribution in [0.1, 0.15) is 36.2 Å². The molecule has 162 valence electrons. The molecular weight excluding hydrogens is 466 g/mol. The molecule has 2 aromatic carbocycles. The lowest BCUT2D eigenvalue weighted by molar-refractivity contribution is -0.136. The van der Waals surface area contributed by atoms with E-state index in [1.165, 1.54) is 12.1 Å². The van der Waals surface area contributed by atoms with E-state index < -0.39 is 17.5 Å². The molecule has 1 heterocycles. The van der Waals surface area contributed by atoms with Crippen LogP contribution in [0.5, 0.6) is 11.5 Å². The maximum absolute atomic E-state index is 12.3. The van der Waals surface area contributed by atoms with Gasteiger partial charge in [-0.05, 0) is 62.2 Å². The normalized spacial score (nSPS) is 11.7. The van der Waals surface area contributed by atoms with Crippen LogP contribution in [-0.4, -0.2) is 24.5 Å². The summed E-state index contributed by atoms with van der Waals surface area (Å²) in [5, 5.41) is 3.28. The Morgan fingerprint density at radius 2 is 1.87 bits per heavy atom. The minimum absolute atomic E-state index is 0.0621. The predicted molar refractivity (Wildman–Crippen MR) is 120 cm³/mol. The number of benzene rings is 2. The summed E-state index contributed by atoms with van der Waals surface area (Å²) >= 11 is 3.40. The fourth-order valence-corrected chi connectivity index (χ4v) is 2.97. The molecule has 31 heavy (non-hydrogen) atoms. The second kappa shape index (κ2) is 9.78. The number of carbonyl (C=O) groups is 2. The van der Waals surface area contributed by atoms with Crippen LogP contribution < -0.4 is 20.4 Å². The largest absolute Gasteiger partial charge is 0.482 e. The summed E-state index contributed by atoms with van der Waals surface area (Å²) in [6.07, 6.45) is 0.741. The van der Waals surface area contributed by atoms with Gasteiger partial charge in [-0.2, -0.15) is 0 Å². The molecule has 1 atom stereocenters. The molecule has 0 saturated carbocycles.